The van der Waals surface area contributed by atoms with Crippen LogP contribution in [0.3, 0.4) is 0 Å². The number of piperidine rings is 1. The van der Waals surface area contributed by atoms with E-state index in [2.05, 4.69) is 39.1 Å². The maximum atomic E-state index is 13.4. The summed E-state index contributed by atoms with van der Waals surface area (Å²) in [7, 11) is 0. The maximum Gasteiger partial charge on any atom is 0.254 e. The highest BCUT2D eigenvalue weighted by Crippen LogP contribution is 2.47. The molecule has 5 rings (SSSR count). The van der Waals surface area contributed by atoms with Crippen LogP contribution in [-0.4, -0.2) is 27.4 Å². The number of aromatic amines is 1. The van der Waals surface area contributed by atoms with Crippen molar-refractivity contribution in [3.63, 3.8) is 0 Å². The van der Waals surface area contributed by atoms with Crippen molar-refractivity contribution < 1.29 is 9.90 Å². The Morgan fingerprint density at radius 2 is 2.04 bits per heavy atom. The molecule has 0 spiro atoms. The van der Waals surface area contributed by atoms with Crippen molar-refractivity contribution in [2.24, 2.45) is 0 Å². The Labute approximate surface area is 172 Å². The van der Waals surface area contributed by atoms with Gasteiger partial charge in [0.1, 0.15) is 0 Å². The minimum absolute atomic E-state index is 0.00395. The first kappa shape index (κ1) is 17.6. The van der Waals surface area contributed by atoms with Gasteiger partial charge in [-0.05, 0) is 49.1 Å². The van der Waals surface area contributed by atoms with E-state index in [1.807, 2.05) is 35.2 Å². The van der Waals surface area contributed by atoms with Crippen molar-refractivity contribution in [1.82, 2.24) is 9.88 Å². The molecule has 2 aromatic carbocycles. The van der Waals surface area contributed by atoms with Gasteiger partial charge in [-0.25, -0.2) is 0 Å². The molecule has 0 unspecified atom stereocenters. The molecule has 2 N–H and O–H groups in total. The lowest BCUT2D eigenvalue weighted by Crippen LogP contribution is -2.46. The third-order valence-electron chi connectivity index (χ3n) is 6.10. The highest BCUT2D eigenvalue weighted by Gasteiger charge is 2.43. The second-order valence-electron chi connectivity index (χ2n) is 7.67. The third kappa shape index (κ3) is 2.60. The van der Waals surface area contributed by atoms with Gasteiger partial charge >= 0.3 is 0 Å². The molecule has 2 aliphatic heterocycles. The first-order chi connectivity index (χ1) is 13.5. The number of benzene rings is 2. The van der Waals surface area contributed by atoms with Crippen LogP contribution in [0.2, 0.25) is 0 Å². The summed E-state index contributed by atoms with van der Waals surface area (Å²) >= 11 is 3.54. The monoisotopic (exact) mass is 436 g/mol. The second kappa shape index (κ2) is 6.52. The summed E-state index contributed by atoms with van der Waals surface area (Å²) in [6.45, 7) is 2.30. The molecule has 4 nitrogen and oxygen atoms in total. The average molecular weight is 437 g/mol. The van der Waals surface area contributed by atoms with E-state index >= 15 is 0 Å². The fourth-order valence-corrected chi connectivity index (χ4v) is 5.30. The molecule has 3 heterocycles. The van der Waals surface area contributed by atoms with Crippen molar-refractivity contribution in [2.45, 2.75) is 31.7 Å². The molecule has 1 saturated heterocycles. The number of allylic oxidation sites excluding steroid dienone is 1. The summed E-state index contributed by atoms with van der Waals surface area (Å²) in [5, 5.41) is 11.6. The van der Waals surface area contributed by atoms with Crippen LogP contribution in [0.4, 0.5) is 0 Å². The lowest BCUT2D eigenvalue weighted by Gasteiger charge is -2.43. The summed E-state index contributed by atoms with van der Waals surface area (Å²) in [5.74, 6) is -0.0602. The summed E-state index contributed by atoms with van der Waals surface area (Å²) in [4.78, 5) is 18.9. The van der Waals surface area contributed by atoms with Gasteiger partial charge in [0.05, 0.1) is 17.4 Å². The van der Waals surface area contributed by atoms with Crippen molar-refractivity contribution in [3.05, 3.63) is 81.2 Å². The molecule has 2 aliphatic rings. The van der Waals surface area contributed by atoms with Crippen LogP contribution in [0, 0.1) is 0 Å². The van der Waals surface area contributed by atoms with E-state index in [0.717, 1.165) is 34.1 Å². The average Bonchev–Trinajstić information content (AvgIpc) is 3.06. The number of carbonyl (C=O) groups excluding carboxylic acids is 1. The number of carbonyl (C=O) groups is 1. The van der Waals surface area contributed by atoms with Gasteiger partial charge in [-0.3, -0.25) is 4.79 Å². The minimum Gasteiger partial charge on any atom is -0.512 e. The molecule has 0 bridgehead atoms. The van der Waals surface area contributed by atoms with Gasteiger partial charge in [0.25, 0.3) is 5.91 Å². The molecule has 1 aromatic heterocycles. The molecule has 3 aromatic rings. The van der Waals surface area contributed by atoms with Crippen LogP contribution in [-0.2, 0) is 11.2 Å². The molecule has 1 amide bonds. The van der Waals surface area contributed by atoms with Gasteiger partial charge in [0.2, 0.25) is 0 Å². The highest BCUT2D eigenvalue weighted by atomic mass is 79.9. The van der Waals surface area contributed by atoms with Crippen LogP contribution >= 0.6 is 15.9 Å². The van der Waals surface area contributed by atoms with Gasteiger partial charge in [-0.2, -0.15) is 0 Å². The lowest BCUT2D eigenvalue weighted by atomic mass is 9.77. The maximum absolute atomic E-state index is 13.4. The number of aliphatic hydroxyl groups is 1. The largest absolute Gasteiger partial charge is 0.512 e. The molecule has 0 radical (unpaired) electrons. The smallest absolute Gasteiger partial charge is 0.254 e. The van der Waals surface area contributed by atoms with E-state index in [1.165, 1.54) is 10.9 Å². The number of hydrogen-bond donors (Lipinski definition) is 2. The zero-order valence-corrected chi connectivity index (χ0v) is 17.2. The number of H-pyrrole nitrogens is 1. The number of rotatable bonds is 1. The molecular weight excluding hydrogens is 416 g/mol. The Hall–Kier alpha value is -2.53. The number of amides is 1. The Morgan fingerprint density at radius 3 is 2.82 bits per heavy atom. The standard InChI is InChI=1S/C23H21BrN2O2/c1-13(27)21-18(14-5-4-6-15(24)11-14)12-20-22-17(9-10-26(20)23(21)28)16-7-2-3-8-19(16)25-22/h2-8,11,18,20,25,27H,9-10,12H2,1H3/b21-13-/t18-,20-/m0/s1. The van der Waals surface area contributed by atoms with E-state index < -0.39 is 0 Å². The fourth-order valence-electron chi connectivity index (χ4n) is 4.88. The van der Waals surface area contributed by atoms with Gasteiger partial charge in [0.15, 0.2) is 0 Å². The molecular formula is C23H21BrN2O2. The van der Waals surface area contributed by atoms with Crippen molar-refractivity contribution >= 4 is 32.7 Å². The molecule has 28 heavy (non-hydrogen) atoms. The van der Waals surface area contributed by atoms with Crippen LogP contribution in [0.5, 0.6) is 0 Å². The number of hydrogen-bond acceptors (Lipinski definition) is 2. The number of halogens is 1. The number of para-hydroxylation sites is 1. The van der Waals surface area contributed by atoms with E-state index in [4.69, 9.17) is 0 Å². The molecule has 5 heteroatoms. The van der Waals surface area contributed by atoms with Crippen molar-refractivity contribution in [3.8, 4) is 0 Å². The fraction of sp³-hybridized carbons (Fsp3) is 0.261. The van der Waals surface area contributed by atoms with Gasteiger partial charge < -0.3 is 15.0 Å². The Morgan fingerprint density at radius 1 is 1.21 bits per heavy atom. The molecule has 2 atom stereocenters. The zero-order valence-electron chi connectivity index (χ0n) is 15.6. The van der Waals surface area contributed by atoms with E-state index in [1.54, 1.807) is 6.92 Å². The first-order valence-corrected chi connectivity index (χ1v) is 10.4. The summed E-state index contributed by atoms with van der Waals surface area (Å²) in [6.07, 6.45) is 1.59. The first-order valence-electron chi connectivity index (χ1n) is 9.60. The normalized spacial score (nSPS) is 23.5. The van der Waals surface area contributed by atoms with Crippen LogP contribution in [0.15, 0.2) is 64.3 Å². The predicted octanol–water partition coefficient (Wildman–Crippen LogP) is 5.38. The van der Waals surface area contributed by atoms with Gasteiger partial charge in [0, 0.05) is 33.5 Å². The third-order valence-corrected chi connectivity index (χ3v) is 6.59. The number of nitrogens with zero attached hydrogens (tertiary/aromatic N) is 1. The summed E-state index contributed by atoms with van der Waals surface area (Å²) in [5.41, 5.74) is 5.17. The van der Waals surface area contributed by atoms with Crippen LogP contribution < -0.4 is 0 Å². The summed E-state index contributed by atoms with van der Waals surface area (Å²) < 4.78 is 0.977. The van der Waals surface area contributed by atoms with Gasteiger partial charge in [-0.1, -0.05) is 46.3 Å². The van der Waals surface area contributed by atoms with Crippen LogP contribution in [0.25, 0.3) is 10.9 Å². The Kier molecular flexibility index (Phi) is 4.09. The topological polar surface area (TPSA) is 56.3 Å². The molecule has 1 fully saturated rings. The zero-order chi connectivity index (χ0) is 19.4. The van der Waals surface area contributed by atoms with E-state index in [-0.39, 0.29) is 23.6 Å². The Bertz CT molecular complexity index is 1130. The van der Waals surface area contributed by atoms with E-state index in [9.17, 15) is 9.90 Å². The minimum atomic E-state index is -0.131. The number of fused-ring (bicyclic) bond motifs is 5. The van der Waals surface area contributed by atoms with Crippen LogP contribution in [0.1, 0.15) is 42.1 Å². The SMILES string of the molecule is C/C(O)=C1/C(=O)N2CCc3c([nH]c4ccccc34)[C@@H]2C[C@H]1c1cccc(Br)c1. The number of aromatic nitrogens is 1. The Balaban J connectivity index is 1.65. The lowest BCUT2D eigenvalue weighted by molar-refractivity contribution is -0.133. The van der Waals surface area contributed by atoms with Gasteiger partial charge in [-0.15, -0.1) is 0 Å². The number of nitrogens with one attached hydrogen (secondary N) is 1. The predicted molar refractivity (Wildman–Crippen MR) is 113 cm³/mol. The summed E-state index contributed by atoms with van der Waals surface area (Å²) in [6, 6.07) is 16.4. The van der Waals surface area contributed by atoms with E-state index in [0.29, 0.717) is 12.1 Å². The molecule has 0 saturated carbocycles. The van der Waals surface area contributed by atoms with Crippen molar-refractivity contribution in [1.29, 1.82) is 0 Å². The second-order valence-corrected chi connectivity index (χ2v) is 8.59. The quantitative estimate of drug-likeness (QED) is 0.397. The highest BCUT2D eigenvalue weighted by molar-refractivity contribution is 9.10. The molecule has 142 valence electrons. The van der Waals surface area contributed by atoms with Crippen molar-refractivity contribution in [2.75, 3.05) is 6.54 Å². The molecule has 0 aliphatic carbocycles. The number of aliphatic hydroxyl groups excluding tert-OH is 1.